The number of hydrogen-bond donors (Lipinski definition) is 3. The van der Waals surface area contributed by atoms with Crippen LogP contribution in [-0.4, -0.2) is 35.2 Å². The van der Waals surface area contributed by atoms with E-state index in [1.165, 1.54) is 0 Å². The summed E-state index contributed by atoms with van der Waals surface area (Å²) in [6, 6.07) is 9.32. The predicted octanol–water partition coefficient (Wildman–Crippen LogP) is 2.21. The van der Waals surface area contributed by atoms with Gasteiger partial charge >= 0.3 is 0 Å². The van der Waals surface area contributed by atoms with Crippen LogP contribution in [-0.2, 0) is 0 Å². The predicted molar refractivity (Wildman–Crippen MR) is 82.4 cm³/mol. The fraction of sp³-hybridized carbons (Fsp3) is 0.333. The molecule has 1 atom stereocenters. The second kappa shape index (κ2) is 6.28. The van der Waals surface area contributed by atoms with Crippen molar-refractivity contribution in [1.82, 2.24) is 20.8 Å². The Morgan fingerprint density at radius 2 is 2.14 bits per heavy atom. The lowest BCUT2D eigenvalue weighted by molar-refractivity contribution is 0.0925. The highest BCUT2D eigenvalue weighted by Gasteiger charge is 2.18. The molecule has 0 spiro atoms. The van der Waals surface area contributed by atoms with Crippen molar-refractivity contribution in [3.63, 3.8) is 0 Å². The van der Waals surface area contributed by atoms with Gasteiger partial charge in [0.25, 0.3) is 5.91 Å². The maximum Gasteiger partial charge on any atom is 0.269 e. The van der Waals surface area contributed by atoms with Gasteiger partial charge in [0.1, 0.15) is 5.69 Å². The molecule has 0 aliphatic carbocycles. The van der Waals surface area contributed by atoms with E-state index in [1.54, 1.807) is 18.2 Å². The largest absolute Gasteiger partial charge is 0.347 e. The number of carbonyl (C=O) groups is 1. The van der Waals surface area contributed by atoms with E-state index >= 15 is 0 Å². The lowest BCUT2D eigenvalue weighted by atomic mass is 10.1. The molecule has 1 aromatic heterocycles. The van der Waals surface area contributed by atoms with Gasteiger partial charge < -0.3 is 10.6 Å². The Labute approximate surface area is 128 Å². The van der Waals surface area contributed by atoms with E-state index in [9.17, 15) is 4.79 Å². The zero-order valence-corrected chi connectivity index (χ0v) is 12.3. The quantitative estimate of drug-likeness (QED) is 0.814. The van der Waals surface area contributed by atoms with E-state index in [1.807, 2.05) is 12.1 Å². The molecule has 1 aromatic carbocycles. The lowest BCUT2D eigenvalue weighted by Gasteiger charge is -2.23. The highest BCUT2D eigenvalue weighted by molar-refractivity contribution is 6.30. The maximum atomic E-state index is 12.2. The zero-order valence-electron chi connectivity index (χ0n) is 11.5. The van der Waals surface area contributed by atoms with Gasteiger partial charge in [-0.05, 0) is 37.6 Å². The summed E-state index contributed by atoms with van der Waals surface area (Å²) < 4.78 is 0. The van der Waals surface area contributed by atoms with Crippen LogP contribution >= 0.6 is 11.6 Å². The van der Waals surface area contributed by atoms with Gasteiger partial charge in [-0.15, -0.1) is 0 Å². The molecule has 1 fully saturated rings. The van der Waals surface area contributed by atoms with Gasteiger partial charge in [-0.3, -0.25) is 9.89 Å². The van der Waals surface area contributed by atoms with Gasteiger partial charge in [0.05, 0.1) is 5.69 Å². The standard InChI is InChI=1S/C15H17ClN4O/c16-11-5-3-10(4-6-11)13-8-14(20-19-13)15(21)18-12-2-1-7-17-9-12/h3-6,8,12,17H,1-2,7,9H2,(H,18,21)(H,19,20)/t12-/m0/s1. The summed E-state index contributed by atoms with van der Waals surface area (Å²) in [4.78, 5) is 12.2. The fourth-order valence-corrected chi connectivity index (χ4v) is 2.57. The van der Waals surface area contributed by atoms with Crippen molar-refractivity contribution in [2.75, 3.05) is 13.1 Å². The van der Waals surface area contributed by atoms with Crippen LogP contribution in [0.2, 0.25) is 5.02 Å². The molecule has 0 saturated carbocycles. The van der Waals surface area contributed by atoms with Crippen LogP contribution in [0.5, 0.6) is 0 Å². The summed E-state index contributed by atoms with van der Waals surface area (Å²) in [7, 11) is 0. The number of hydrogen-bond acceptors (Lipinski definition) is 3. The molecule has 1 saturated heterocycles. The third-order valence-corrected chi connectivity index (χ3v) is 3.85. The number of halogens is 1. The van der Waals surface area contributed by atoms with Crippen LogP contribution in [0.1, 0.15) is 23.3 Å². The van der Waals surface area contributed by atoms with E-state index in [0.717, 1.165) is 37.2 Å². The first-order chi connectivity index (χ1) is 10.2. The normalized spacial score (nSPS) is 18.4. The summed E-state index contributed by atoms with van der Waals surface area (Å²) in [5, 5.41) is 13.9. The molecular formula is C15H17ClN4O. The number of aromatic nitrogens is 2. The van der Waals surface area contributed by atoms with Crippen molar-refractivity contribution in [2.45, 2.75) is 18.9 Å². The summed E-state index contributed by atoms with van der Waals surface area (Å²) in [6.07, 6.45) is 2.10. The number of nitrogens with one attached hydrogen (secondary N) is 3. The molecule has 21 heavy (non-hydrogen) atoms. The van der Waals surface area contributed by atoms with E-state index in [4.69, 9.17) is 11.6 Å². The van der Waals surface area contributed by atoms with Crippen LogP contribution in [0.3, 0.4) is 0 Å². The van der Waals surface area contributed by atoms with Crippen LogP contribution in [0.25, 0.3) is 11.3 Å². The molecule has 110 valence electrons. The van der Waals surface area contributed by atoms with Crippen LogP contribution < -0.4 is 10.6 Å². The van der Waals surface area contributed by atoms with Gasteiger partial charge in [0.15, 0.2) is 0 Å². The molecule has 3 rings (SSSR count). The van der Waals surface area contributed by atoms with Crippen molar-refractivity contribution in [1.29, 1.82) is 0 Å². The van der Waals surface area contributed by atoms with E-state index in [2.05, 4.69) is 20.8 Å². The Balaban J connectivity index is 1.69. The number of aromatic amines is 1. The Morgan fingerprint density at radius 3 is 2.86 bits per heavy atom. The van der Waals surface area contributed by atoms with Crippen molar-refractivity contribution >= 4 is 17.5 Å². The van der Waals surface area contributed by atoms with Crippen LogP contribution in [0.4, 0.5) is 0 Å². The van der Waals surface area contributed by atoms with E-state index < -0.39 is 0 Å². The Bertz CT molecular complexity index is 617. The number of amides is 1. The second-order valence-electron chi connectivity index (χ2n) is 5.19. The van der Waals surface area contributed by atoms with Crippen molar-refractivity contribution < 1.29 is 4.79 Å². The third kappa shape index (κ3) is 3.43. The topological polar surface area (TPSA) is 69.8 Å². The Morgan fingerprint density at radius 1 is 1.33 bits per heavy atom. The summed E-state index contributed by atoms with van der Waals surface area (Å²) in [6.45, 7) is 1.85. The summed E-state index contributed by atoms with van der Waals surface area (Å²) in [5.74, 6) is -0.114. The highest BCUT2D eigenvalue weighted by atomic mass is 35.5. The molecule has 0 unspecified atom stereocenters. The number of carbonyl (C=O) groups excluding carboxylic acids is 1. The number of benzene rings is 1. The van der Waals surface area contributed by atoms with Crippen molar-refractivity contribution in [3.05, 3.63) is 41.0 Å². The molecule has 2 heterocycles. The summed E-state index contributed by atoms with van der Waals surface area (Å²) >= 11 is 5.86. The first-order valence-corrected chi connectivity index (χ1v) is 7.43. The minimum Gasteiger partial charge on any atom is -0.347 e. The van der Waals surface area contributed by atoms with Crippen LogP contribution in [0, 0.1) is 0 Å². The Kier molecular flexibility index (Phi) is 4.22. The van der Waals surface area contributed by atoms with Crippen molar-refractivity contribution in [3.8, 4) is 11.3 Å². The van der Waals surface area contributed by atoms with Gasteiger partial charge in [0, 0.05) is 23.2 Å². The van der Waals surface area contributed by atoms with E-state index in [0.29, 0.717) is 10.7 Å². The lowest BCUT2D eigenvalue weighted by Crippen LogP contribution is -2.45. The number of rotatable bonds is 3. The molecule has 5 nitrogen and oxygen atoms in total. The van der Waals surface area contributed by atoms with Crippen molar-refractivity contribution in [2.24, 2.45) is 0 Å². The van der Waals surface area contributed by atoms with Gasteiger partial charge in [-0.2, -0.15) is 5.10 Å². The molecule has 0 radical (unpaired) electrons. The van der Waals surface area contributed by atoms with Gasteiger partial charge in [0.2, 0.25) is 0 Å². The second-order valence-corrected chi connectivity index (χ2v) is 5.63. The number of piperidine rings is 1. The molecular weight excluding hydrogens is 288 g/mol. The average Bonchev–Trinajstić information content (AvgIpc) is 2.99. The van der Waals surface area contributed by atoms with Gasteiger partial charge in [-0.1, -0.05) is 23.7 Å². The molecule has 3 N–H and O–H groups in total. The van der Waals surface area contributed by atoms with Crippen LogP contribution in [0.15, 0.2) is 30.3 Å². The smallest absolute Gasteiger partial charge is 0.269 e. The first-order valence-electron chi connectivity index (χ1n) is 7.05. The third-order valence-electron chi connectivity index (χ3n) is 3.59. The molecule has 2 aromatic rings. The SMILES string of the molecule is O=C(N[C@H]1CCCNC1)c1cc(-c2ccc(Cl)cc2)n[nH]1. The highest BCUT2D eigenvalue weighted by Crippen LogP contribution is 2.20. The minimum atomic E-state index is -0.114. The molecule has 1 aliphatic rings. The Hall–Kier alpha value is -1.85. The first kappa shape index (κ1) is 14.1. The number of nitrogens with zero attached hydrogens (tertiary/aromatic N) is 1. The average molecular weight is 305 g/mol. The molecule has 0 bridgehead atoms. The van der Waals surface area contributed by atoms with E-state index in [-0.39, 0.29) is 11.9 Å². The monoisotopic (exact) mass is 304 g/mol. The zero-order chi connectivity index (χ0) is 14.7. The maximum absolute atomic E-state index is 12.2. The summed E-state index contributed by atoms with van der Waals surface area (Å²) in [5.41, 5.74) is 2.14. The molecule has 6 heteroatoms. The molecule has 1 aliphatic heterocycles. The number of H-pyrrole nitrogens is 1. The minimum absolute atomic E-state index is 0.114. The van der Waals surface area contributed by atoms with Gasteiger partial charge in [-0.25, -0.2) is 0 Å². The molecule has 1 amide bonds. The fourth-order valence-electron chi connectivity index (χ4n) is 2.44.